The summed E-state index contributed by atoms with van der Waals surface area (Å²) in [5, 5.41) is 23.6. The zero-order valence-electron chi connectivity index (χ0n) is 10.6. The third kappa shape index (κ3) is 2.52. The highest BCUT2D eigenvalue weighted by Gasteiger charge is 2.29. The van der Waals surface area contributed by atoms with E-state index >= 15 is 0 Å². The lowest BCUT2D eigenvalue weighted by molar-refractivity contribution is 0.700. The molecule has 0 saturated heterocycles. The number of nitrogens with one attached hydrogen (secondary N) is 2. The van der Waals surface area contributed by atoms with Crippen LogP contribution in [0.1, 0.15) is 22.7 Å². The van der Waals surface area contributed by atoms with Crippen molar-refractivity contribution in [2.24, 2.45) is 5.92 Å². The van der Waals surface area contributed by atoms with Crippen molar-refractivity contribution in [2.45, 2.75) is 12.8 Å². The molecule has 2 aromatic rings. The lowest BCUT2D eigenvalue weighted by Crippen LogP contribution is -2.19. The molecule has 100 valence electrons. The molecule has 0 amide bonds. The number of nitriles is 2. The van der Waals surface area contributed by atoms with Crippen LogP contribution in [0, 0.1) is 35.5 Å². The van der Waals surface area contributed by atoms with Gasteiger partial charge < -0.3 is 5.10 Å². The van der Waals surface area contributed by atoms with Crippen LogP contribution in [0.5, 0.6) is 0 Å². The predicted molar refractivity (Wildman–Crippen MR) is 76.9 cm³/mol. The monoisotopic (exact) mass is 330 g/mol. The van der Waals surface area contributed by atoms with Gasteiger partial charge in [-0.05, 0) is 24.6 Å². The number of benzene rings is 1. The molecule has 0 fully saturated rings. The molecular weight excluding hydrogens is 320 g/mol. The Hall–Kier alpha value is -2.31. The van der Waals surface area contributed by atoms with Crippen LogP contribution >= 0.6 is 15.9 Å². The molecule has 6 heteroatoms. The van der Waals surface area contributed by atoms with Crippen molar-refractivity contribution in [3.8, 4) is 12.1 Å². The van der Waals surface area contributed by atoms with Crippen LogP contribution in [0.2, 0.25) is 0 Å². The number of halogens is 1. The molecule has 0 bridgehead atoms. The number of nitrogens with zero attached hydrogens (tertiary/aromatic N) is 2. The average molecular weight is 331 g/mol. The summed E-state index contributed by atoms with van der Waals surface area (Å²) < 4.78 is 0.894. The molecule has 2 rings (SSSR count). The molecule has 0 aliphatic carbocycles. The van der Waals surface area contributed by atoms with Gasteiger partial charge in [-0.15, -0.1) is 0 Å². The summed E-state index contributed by atoms with van der Waals surface area (Å²) in [4.78, 5) is 11.9. The standard InChI is InChI=1S/C14H11BrN4O/c1-8-12(14(20)19-18-8)13(10(6-16)7-17)9-2-4-11(15)5-3-9/h2-5,10,13H,1H3,(H2,18,19,20)/t13-/m1/s1. The first-order valence-electron chi connectivity index (χ1n) is 5.90. The fraction of sp³-hybridized carbons (Fsp3) is 0.214. The van der Waals surface area contributed by atoms with Crippen LogP contribution in [0.15, 0.2) is 33.5 Å². The summed E-state index contributed by atoms with van der Waals surface area (Å²) in [6, 6.07) is 11.2. The van der Waals surface area contributed by atoms with Gasteiger partial charge in [0.05, 0.1) is 12.1 Å². The van der Waals surface area contributed by atoms with Crippen LogP contribution in [0.25, 0.3) is 0 Å². The Morgan fingerprint density at radius 2 is 1.75 bits per heavy atom. The Labute approximate surface area is 124 Å². The van der Waals surface area contributed by atoms with Gasteiger partial charge in [-0.3, -0.25) is 9.89 Å². The van der Waals surface area contributed by atoms with E-state index in [0.717, 1.165) is 10.0 Å². The average Bonchev–Trinajstić information content (AvgIpc) is 2.77. The summed E-state index contributed by atoms with van der Waals surface area (Å²) in [6.07, 6.45) is 0. The number of aryl methyl sites for hydroxylation is 1. The number of H-pyrrole nitrogens is 2. The number of aromatic nitrogens is 2. The molecule has 0 aliphatic rings. The third-order valence-corrected chi connectivity index (χ3v) is 3.69. The van der Waals surface area contributed by atoms with Gasteiger partial charge >= 0.3 is 0 Å². The van der Waals surface area contributed by atoms with Gasteiger partial charge in [0, 0.05) is 21.6 Å². The highest BCUT2D eigenvalue weighted by molar-refractivity contribution is 9.10. The highest BCUT2D eigenvalue weighted by Crippen LogP contribution is 2.31. The first kappa shape index (κ1) is 14.1. The number of rotatable bonds is 3. The van der Waals surface area contributed by atoms with E-state index in [2.05, 4.69) is 26.1 Å². The largest absolute Gasteiger partial charge is 0.302 e. The molecule has 1 aromatic carbocycles. The van der Waals surface area contributed by atoms with E-state index < -0.39 is 11.8 Å². The molecule has 1 atom stereocenters. The Morgan fingerprint density at radius 3 is 2.20 bits per heavy atom. The zero-order valence-corrected chi connectivity index (χ0v) is 12.2. The Balaban J connectivity index is 2.63. The Kier molecular flexibility index (Phi) is 4.07. The van der Waals surface area contributed by atoms with Gasteiger partial charge in [0.1, 0.15) is 5.92 Å². The van der Waals surface area contributed by atoms with Gasteiger partial charge in [0.15, 0.2) is 0 Å². The summed E-state index contributed by atoms with van der Waals surface area (Å²) in [5.74, 6) is -1.50. The predicted octanol–water partition coefficient (Wildman–Crippen LogP) is 2.57. The molecule has 0 unspecified atom stereocenters. The van der Waals surface area contributed by atoms with Gasteiger partial charge in [-0.2, -0.15) is 10.5 Å². The fourth-order valence-electron chi connectivity index (χ4n) is 2.20. The van der Waals surface area contributed by atoms with Crippen LogP contribution in [-0.2, 0) is 0 Å². The van der Waals surface area contributed by atoms with Crippen LogP contribution in [-0.4, -0.2) is 10.2 Å². The number of hydrogen-bond donors (Lipinski definition) is 2. The van der Waals surface area contributed by atoms with Crippen LogP contribution in [0.4, 0.5) is 0 Å². The summed E-state index contributed by atoms with van der Waals surface area (Å²) in [5.41, 5.74) is 1.53. The zero-order chi connectivity index (χ0) is 14.7. The van der Waals surface area contributed by atoms with Crippen LogP contribution in [0.3, 0.4) is 0 Å². The summed E-state index contributed by atoms with van der Waals surface area (Å²) in [6.45, 7) is 1.74. The van der Waals surface area contributed by atoms with Crippen molar-refractivity contribution < 1.29 is 0 Å². The van der Waals surface area contributed by atoms with Crippen molar-refractivity contribution in [3.05, 3.63) is 55.9 Å². The maximum atomic E-state index is 11.9. The van der Waals surface area contributed by atoms with E-state index in [0.29, 0.717) is 11.3 Å². The van der Waals surface area contributed by atoms with E-state index in [1.54, 1.807) is 6.92 Å². The van der Waals surface area contributed by atoms with E-state index in [1.807, 2.05) is 36.4 Å². The van der Waals surface area contributed by atoms with E-state index in [1.165, 1.54) is 0 Å². The second-order valence-corrected chi connectivity index (χ2v) is 5.30. The van der Waals surface area contributed by atoms with Gasteiger partial charge in [-0.25, -0.2) is 0 Å². The molecule has 1 aromatic heterocycles. The number of aromatic amines is 2. The van der Waals surface area contributed by atoms with Crippen molar-refractivity contribution in [2.75, 3.05) is 0 Å². The maximum Gasteiger partial charge on any atom is 0.268 e. The molecule has 0 spiro atoms. The minimum absolute atomic E-state index is 0.300. The Bertz CT molecular complexity index is 731. The summed E-state index contributed by atoms with van der Waals surface area (Å²) >= 11 is 3.34. The van der Waals surface area contributed by atoms with Crippen LogP contribution < -0.4 is 5.56 Å². The van der Waals surface area contributed by atoms with Crippen molar-refractivity contribution >= 4 is 15.9 Å². The number of hydrogen-bond acceptors (Lipinski definition) is 3. The van der Waals surface area contributed by atoms with Gasteiger partial charge in [0.2, 0.25) is 0 Å². The third-order valence-electron chi connectivity index (χ3n) is 3.16. The summed E-state index contributed by atoms with van der Waals surface area (Å²) in [7, 11) is 0. The van der Waals surface area contributed by atoms with Crippen molar-refractivity contribution in [3.63, 3.8) is 0 Å². The second-order valence-electron chi connectivity index (χ2n) is 4.38. The minimum atomic E-state index is -0.924. The molecule has 20 heavy (non-hydrogen) atoms. The minimum Gasteiger partial charge on any atom is -0.302 e. The first-order chi connectivity index (χ1) is 9.58. The normalized spacial score (nSPS) is 11.8. The molecule has 0 saturated carbocycles. The molecule has 0 radical (unpaired) electrons. The fourth-order valence-corrected chi connectivity index (χ4v) is 2.47. The van der Waals surface area contributed by atoms with Crippen molar-refractivity contribution in [1.29, 1.82) is 10.5 Å². The molecule has 1 heterocycles. The lowest BCUT2D eigenvalue weighted by atomic mass is 9.82. The smallest absolute Gasteiger partial charge is 0.268 e. The SMILES string of the molecule is Cc1[nH][nH]c(=O)c1[C@H](c1ccc(Br)cc1)C(C#N)C#N. The maximum absolute atomic E-state index is 11.9. The van der Waals surface area contributed by atoms with E-state index in [-0.39, 0.29) is 5.56 Å². The van der Waals surface area contributed by atoms with Gasteiger partial charge in [0.25, 0.3) is 5.56 Å². The quantitative estimate of drug-likeness (QED) is 0.904. The molecule has 5 nitrogen and oxygen atoms in total. The molecular formula is C14H11BrN4O. The lowest BCUT2D eigenvalue weighted by Gasteiger charge is -2.17. The second kappa shape index (κ2) is 5.77. The van der Waals surface area contributed by atoms with Crippen molar-refractivity contribution in [1.82, 2.24) is 10.2 Å². The molecule has 0 aliphatic heterocycles. The highest BCUT2D eigenvalue weighted by atomic mass is 79.9. The Morgan fingerprint density at radius 1 is 1.15 bits per heavy atom. The van der Waals surface area contributed by atoms with E-state index in [4.69, 9.17) is 0 Å². The topological polar surface area (TPSA) is 96.2 Å². The molecule has 2 N–H and O–H groups in total. The first-order valence-corrected chi connectivity index (χ1v) is 6.69. The van der Waals surface area contributed by atoms with Gasteiger partial charge in [-0.1, -0.05) is 28.1 Å². The van der Waals surface area contributed by atoms with E-state index in [9.17, 15) is 15.3 Å².